The van der Waals surface area contributed by atoms with Crippen LogP contribution in [0.1, 0.15) is 5.56 Å². The topological polar surface area (TPSA) is 22.1 Å². The fraction of sp³-hybridized carbons (Fsp3) is 0.286. The molecule has 0 amide bonds. The first-order valence-corrected chi connectivity index (χ1v) is 9.93. The van der Waals surface area contributed by atoms with E-state index in [2.05, 4.69) is 24.7 Å². The standard InChI is InChI=1S/C7H8NO.BrH.Zn/c1-6-3-4-8-7(5-6)9-2;;/h4-5H,1-2H3;1H;/q-1;;+2/p-1. The molecule has 0 aromatic carbocycles. The van der Waals surface area contributed by atoms with E-state index in [1.54, 1.807) is 13.3 Å². The molecule has 0 aliphatic heterocycles. The third-order valence-corrected chi connectivity index (χ3v) is 1.03. The van der Waals surface area contributed by atoms with Gasteiger partial charge in [0.1, 0.15) is 5.88 Å². The van der Waals surface area contributed by atoms with Crippen molar-refractivity contribution >= 4 is 13.6 Å². The van der Waals surface area contributed by atoms with Gasteiger partial charge in [0.25, 0.3) is 0 Å². The summed E-state index contributed by atoms with van der Waals surface area (Å²) in [4.78, 5) is 3.88. The molecule has 2 nitrogen and oxygen atoms in total. The van der Waals surface area contributed by atoms with E-state index in [4.69, 9.17) is 4.74 Å². The van der Waals surface area contributed by atoms with Crippen LogP contribution >= 0.6 is 13.6 Å². The summed E-state index contributed by atoms with van der Waals surface area (Å²) < 4.78 is 4.86. The molecule has 0 radical (unpaired) electrons. The normalized spacial score (nSPS) is 8.09. The summed E-state index contributed by atoms with van der Waals surface area (Å²) in [6, 6.07) is 4.75. The Balaban J connectivity index is 0.000000461. The molecule has 0 spiro atoms. The van der Waals surface area contributed by atoms with E-state index in [0.717, 1.165) is 5.56 Å². The van der Waals surface area contributed by atoms with Crippen molar-refractivity contribution < 1.29 is 21.1 Å². The molecule has 1 rings (SSSR count). The summed E-state index contributed by atoms with van der Waals surface area (Å²) in [5, 5.41) is 0. The average Bonchev–Trinajstić information content (AvgIpc) is 2.08. The van der Waals surface area contributed by atoms with Crippen LogP contribution in [0.4, 0.5) is 0 Å². The third kappa shape index (κ3) is 4.49. The fourth-order valence-electron chi connectivity index (χ4n) is 0.573. The summed E-state index contributed by atoms with van der Waals surface area (Å²) in [7, 11) is 1.60. The molecule has 1 aromatic rings. The molecule has 0 aliphatic carbocycles. The van der Waals surface area contributed by atoms with E-state index >= 15 is 0 Å². The number of rotatable bonds is 1. The summed E-state index contributed by atoms with van der Waals surface area (Å²) >= 11 is 4.25. The summed E-state index contributed by atoms with van der Waals surface area (Å²) in [6.07, 6.45) is 1.61. The first-order valence-electron chi connectivity index (χ1n) is 2.98. The predicted molar refractivity (Wildman–Crippen MR) is 43.3 cm³/mol. The number of nitrogens with zero attached hydrogens (tertiary/aromatic N) is 1. The van der Waals surface area contributed by atoms with Crippen molar-refractivity contribution in [3.63, 3.8) is 0 Å². The number of aromatic nitrogens is 1. The summed E-state index contributed by atoms with van der Waals surface area (Å²) in [5.74, 6) is 0.645. The number of methoxy groups -OCH3 is 1. The molecule has 0 bridgehead atoms. The molecule has 0 atom stereocenters. The number of hydrogen-bond acceptors (Lipinski definition) is 2. The van der Waals surface area contributed by atoms with E-state index in [0.29, 0.717) is 5.88 Å². The van der Waals surface area contributed by atoms with Crippen LogP contribution in [0.3, 0.4) is 0 Å². The number of pyridine rings is 1. The van der Waals surface area contributed by atoms with Gasteiger partial charge in [-0.15, -0.1) is 6.07 Å². The molecule has 11 heavy (non-hydrogen) atoms. The number of hydrogen-bond donors (Lipinski definition) is 0. The van der Waals surface area contributed by atoms with E-state index in [9.17, 15) is 0 Å². The minimum absolute atomic E-state index is 0.645. The Bertz CT molecular complexity index is 207. The molecule has 0 unspecified atom stereocenters. The molecular weight excluding hydrogens is 259 g/mol. The van der Waals surface area contributed by atoms with Gasteiger partial charge in [-0.2, -0.15) is 0 Å². The fourth-order valence-corrected chi connectivity index (χ4v) is 0.573. The van der Waals surface area contributed by atoms with E-state index in [1.165, 1.54) is 16.3 Å². The van der Waals surface area contributed by atoms with Crippen LogP contribution in [0.2, 0.25) is 0 Å². The second kappa shape index (κ2) is 6.74. The van der Waals surface area contributed by atoms with Crippen LogP contribution in [0.25, 0.3) is 0 Å². The number of halogens is 1. The first-order chi connectivity index (χ1) is 5.33. The van der Waals surface area contributed by atoms with Crippen molar-refractivity contribution in [1.82, 2.24) is 4.98 Å². The molecule has 0 saturated heterocycles. The van der Waals surface area contributed by atoms with Gasteiger partial charge in [-0.25, -0.2) is 11.6 Å². The maximum absolute atomic E-state index is 4.86. The zero-order valence-electron chi connectivity index (χ0n) is 6.60. The quantitative estimate of drug-likeness (QED) is 0.574. The minimum atomic E-state index is 0.645. The third-order valence-electron chi connectivity index (χ3n) is 1.03. The van der Waals surface area contributed by atoms with Crippen LogP contribution in [0.5, 0.6) is 5.88 Å². The van der Waals surface area contributed by atoms with Crippen LogP contribution < -0.4 is 4.74 Å². The maximum atomic E-state index is 4.86. The van der Waals surface area contributed by atoms with E-state index in [-0.39, 0.29) is 0 Å². The first kappa shape index (κ1) is 11.1. The zero-order chi connectivity index (χ0) is 8.69. The van der Waals surface area contributed by atoms with Gasteiger partial charge in [0.2, 0.25) is 0 Å². The molecule has 0 N–H and O–H groups in total. The van der Waals surface area contributed by atoms with Crippen molar-refractivity contribution in [3.8, 4) is 5.88 Å². The summed E-state index contributed by atoms with van der Waals surface area (Å²) in [6.45, 7) is 1.95. The van der Waals surface area contributed by atoms with E-state index < -0.39 is 0 Å². The Labute approximate surface area is 83.4 Å². The molecule has 0 fully saturated rings. The van der Waals surface area contributed by atoms with Crippen molar-refractivity contribution in [2.75, 3.05) is 7.11 Å². The van der Waals surface area contributed by atoms with Crippen molar-refractivity contribution in [2.24, 2.45) is 0 Å². The Morgan fingerprint density at radius 1 is 1.64 bits per heavy atom. The molecule has 0 aliphatic rings. The van der Waals surface area contributed by atoms with Gasteiger partial charge in [-0.1, -0.05) is 13.1 Å². The Morgan fingerprint density at radius 2 is 2.27 bits per heavy atom. The van der Waals surface area contributed by atoms with Gasteiger partial charge in [-0.3, -0.25) is 4.98 Å². The Hall–Kier alpha value is 0.0534. The van der Waals surface area contributed by atoms with Gasteiger partial charge in [-0.05, 0) is 0 Å². The van der Waals surface area contributed by atoms with Gasteiger partial charge < -0.3 is 4.74 Å². The number of ether oxygens (including phenoxy) is 1. The van der Waals surface area contributed by atoms with Crippen molar-refractivity contribution in [1.29, 1.82) is 0 Å². The second-order valence-electron chi connectivity index (χ2n) is 1.77. The summed E-state index contributed by atoms with van der Waals surface area (Å²) in [5.41, 5.74) is 1.04. The molecule has 1 heterocycles. The zero-order valence-corrected chi connectivity index (χ0v) is 11.1. The van der Waals surface area contributed by atoms with Crippen molar-refractivity contribution in [2.45, 2.75) is 6.92 Å². The second-order valence-corrected chi connectivity index (χ2v) is 1.77. The molecule has 1 aromatic heterocycles. The SMILES string of the molecule is COc1cc(C)[c-]cn1.[Zn+][Br]. The van der Waals surface area contributed by atoms with Crippen LogP contribution in [0, 0.1) is 13.0 Å². The predicted octanol–water partition coefficient (Wildman–Crippen LogP) is 2.04. The van der Waals surface area contributed by atoms with Crippen LogP contribution in [-0.4, -0.2) is 12.1 Å². The van der Waals surface area contributed by atoms with Gasteiger partial charge >= 0.3 is 30.0 Å². The molecule has 0 saturated carbocycles. The van der Waals surface area contributed by atoms with E-state index in [1.807, 2.05) is 13.0 Å². The van der Waals surface area contributed by atoms with Crippen molar-refractivity contribution in [3.05, 3.63) is 23.9 Å². The molecule has 4 heteroatoms. The Kier molecular flexibility index (Phi) is 6.78. The average molecular weight is 267 g/mol. The van der Waals surface area contributed by atoms with Gasteiger partial charge in [0, 0.05) is 0 Å². The van der Waals surface area contributed by atoms with Crippen LogP contribution in [-0.2, 0) is 16.3 Å². The van der Waals surface area contributed by atoms with Gasteiger partial charge in [0.15, 0.2) is 0 Å². The van der Waals surface area contributed by atoms with Crippen LogP contribution in [0.15, 0.2) is 12.3 Å². The molecular formula is C7H8BrNOZn. The molecule has 56 valence electrons. The Morgan fingerprint density at radius 3 is 2.64 bits per heavy atom. The number of aryl methyl sites for hydroxylation is 1. The van der Waals surface area contributed by atoms with Gasteiger partial charge in [0.05, 0.1) is 7.11 Å². The monoisotopic (exact) mass is 265 g/mol.